The first kappa shape index (κ1) is 13.6. The molecule has 1 heterocycles. The lowest BCUT2D eigenvalue weighted by molar-refractivity contribution is -0.0290. The number of likely N-dealkylation sites (N-methyl/N-ethyl adjacent to an activating group) is 1. The average molecular weight is 270 g/mol. The van der Waals surface area contributed by atoms with Crippen LogP contribution in [0.5, 0.6) is 0 Å². The minimum atomic E-state index is 0.309. The molecule has 3 rings (SSSR count). The van der Waals surface area contributed by atoms with Crippen LogP contribution in [-0.2, 0) is 11.3 Å². The molecule has 0 saturated carbocycles. The predicted molar refractivity (Wildman–Crippen MR) is 82.9 cm³/mol. The second kappa shape index (κ2) is 6.35. The number of benzene rings is 2. The van der Waals surface area contributed by atoms with Crippen molar-refractivity contribution in [1.29, 1.82) is 0 Å². The highest BCUT2D eigenvalue weighted by molar-refractivity contribution is 5.85. The smallest absolute Gasteiger partial charge is 0.0826 e. The maximum absolute atomic E-state index is 5.77. The molecule has 0 bridgehead atoms. The van der Waals surface area contributed by atoms with E-state index >= 15 is 0 Å². The van der Waals surface area contributed by atoms with Crippen LogP contribution in [0.4, 0.5) is 0 Å². The summed E-state index contributed by atoms with van der Waals surface area (Å²) in [5.41, 5.74) is 1.41. The SMILES string of the molecule is CNCC1CN(Cc2cccc3ccccc23)CCO1. The Bertz CT molecular complexity index is 562. The van der Waals surface area contributed by atoms with E-state index in [1.54, 1.807) is 0 Å². The third-order valence-corrected chi connectivity index (χ3v) is 3.93. The minimum absolute atomic E-state index is 0.309. The Hall–Kier alpha value is -1.42. The Morgan fingerprint density at radius 1 is 1.20 bits per heavy atom. The molecule has 1 unspecified atom stereocenters. The van der Waals surface area contributed by atoms with Gasteiger partial charge in [0, 0.05) is 26.2 Å². The largest absolute Gasteiger partial charge is 0.374 e. The van der Waals surface area contributed by atoms with Crippen molar-refractivity contribution in [2.45, 2.75) is 12.6 Å². The lowest BCUT2D eigenvalue weighted by atomic mass is 10.0. The standard InChI is InChI=1S/C17H22N2O/c1-18-11-16-13-19(9-10-20-16)12-15-7-4-6-14-5-2-3-8-17(14)15/h2-8,16,18H,9-13H2,1H3. The number of rotatable bonds is 4. The van der Waals surface area contributed by atoms with E-state index in [1.807, 2.05) is 7.05 Å². The van der Waals surface area contributed by atoms with Crippen molar-refractivity contribution in [3.8, 4) is 0 Å². The summed E-state index contributed by atoms with van der Waals surface area (Å²) in [5, 5.41) is 5.89. The first-order chi connectivity index (χ1) is 9.86. The maximum atomic E-state index is 5.77. The first-order valence-electron chi connectivity index (χ1n) is 7.32. The van der Waals surface area contributed by atoms with E-state index in [9.17, 15) is 0 Å². The van der Waals surface area contributed by atoms with Gasteiger partial charge >= 0.3 is 0 Å². The predicted octanol–water partition coefficient (Wildman–Crippen LogP) is 2.26. The molecular weight excluding hydrogens is 248 g/mol. The van der Waals surface area contributed by atoms with E-state index in [1.165, 1.54) is 16.3 Å². The summed E-state index contributed by atoms with van der Waals surface area (Å²) in [6.45, 7) is 4.78. The average Bonchev–Trinajstić information content (AvgIpc) is 2.48. The van der Waals surface area contributed by atoms with Gasteiger partial charge in [0.15, 0.2) is 0 Å². The van der Waals surface area contributed by atoms with Crippen LogP contribution in [0.25, 0.3) is 10.8 Å². The molecule has 0 amide bonds. The first-order valence-corrected chi connectivity index (χ1v) is 7.32. The number of ether oxygens (including phenoxy) is 1. The third kappa shape index (κ3) is 3.01. The lowest BCUT2D eigenvalue weighted by Gasteiger charge is -2.33. The lowest BCUT2D eigenvalue weighted by Crippen LogP contribution is -2.45. The second-order valence-corrected chi connectivity index (χ2v) is 5.42. The molecule has 0 aromatic heterocycles. The summed E-state index contributed by atoms with van der Waals surface area (Å²) in [4.78, 5) is 2.49. The highest BCUT2D eigenvalue weighted by atomic mass is 16.5. The van der Waals surface area contributed by atoms with Crippen molar-refractivity contribution in [3.63, 3.8) is 0 Å². The van der Waals surface area contributed by atoms with Crippen molar-refractivity contribution in [3.05, 3.63) is 48.0 Å². The molecular formula is C17H22N2O. The molecule has 3 heteroatoms. The van der Waals surface area contributed by atoms with Crippen LogP contribution in [0.3, 0.4) is 0 Å². The van der Waals surface area contributed by atoms with Gasteiger partial charge in [0.1, 0.15) is 0 Å². The molecule has 3 nitrogen and oxygen atoms in total. The molecule has 0 spiro atoms. The van der Waals surface area contributed by atoms with E-state index in [-0.39, 0.29) is 0 Å². The van der Waals surface area contributed by atoms with E-state index in [4.69, 9.17) is 4.74 Å². The molecule has 2 aromatic rings. The summed E-state index contributed by atoms with van der Waals surface area (Å²) in [6.07, 6.45) is 0.309. The van der Waals surface area contributed by atoms with Crippen LogP contribution < -0.4 is 5.32 Å². The molecule has 0 aliphatic carbocycles. The fourth-order valence-corrected chi connectivity index (χ4v) is 2.95. The Morgan fingerprint density at radius 2 is 2.05 bits per heavy atom. The molecule has 1 aliphatic rings. The second-order valence-electron chi connectivity index (χ2n) is 5.42. The Labute approximate surface area is 120 Å². The van der Waals surface area contributed by atoms with Crippen molar-refractivity contribution < 1.29 is 4.74 Å². The van der Waals surface area contributed by atoms with E-state index in [2.05, 4.69) is 52.7 Å². The van der Waals surface area contributed by atoms with Crippen molar-refractivity contribution in [2.24, 2.45) is 0 Å². The monoisotopic (exact) mass is 270 g/mol. The minimum Gasteiger partial charge on any atom is -0.374 e. The molecule has 0 radical (unpaired) electrons. The number of hydrogen-bond donors (Lipinski definition) is 1. The van der Waals surface area contributed by atoms with Gasteiger partial charge in [0.05, 0.1) is 12.7 Å². The number of hydrogen-bond acceptors (Lipinski definition) is 3. The van der Waals surface area contributed by atoms with E-state index in [0.717, 1.165) is 32.8 Å². The summed E-state index contributed by atoms with van der Waals surface area (Å²) < 4.78 is 5.77. The molecule has 20 heavy (non-hydrogen) atoms. The number of nitrogens with one attached hydrogen (secondary N) is 1. The van der Waals surface area contributed by atoms with Gasteiger partial charge in [-0.05, 0) is 23.4 Å². The third-order valence-electron chi connectivity index (χ3n) is 3.93. The van der Waals surface area contributed by atoms with E-state index < -0.39 is 0 Å². The molecule has 1 saturated heterocycles. The van der Waals surface area contributed by atoms with Gasteiger partial charge in [-0.2, -0.15) is 0 Å². The molecule has 2 aromatic carbocycles. The molecule has 106 valence electrons. The van der Waals surface area contributed by atoms with Gasteiger partial charge in [-0.15, -0.1) is 0 Å². The van der Waals surface area contributed by atoms with Crippen LogP contribution in [-0.4, -0.2) is 44.3 Å². The number of fused-ring (bicyclic) bond motifs is 1. The summed E-state index contributed by atoms with van der Waals surface area (Å²) in [5.74, 6) is 0. The zero-order chi connectivity index (χ0) is 13.8. The maximum Gasteiger partial charge on any atom is 0.0826 e. The van der Waals surface area contributed by atoms with Gasteiger partial charge in [0.2, 0.25) is 0 Å². The highest BCUT2D eigenvalue weighted by Gasteiger charge is 2.20. The quantitative estimate of drug-likeness (QED) is 0.922. The van der Waals surface area contributed by atoms with E-state index in [0.29, 0.717) is 6.10 Å². The van der Waals surface area contributed by atoms with Crippen molar-refractivity contribution in [1.82, 2.24) is 10.2 Å². The summed E-state index contributed by atoms with van der Waals surface area (Å²) >= 11 is 0. The summed E-state index contributed by atoms with van der Waals surface area (Å²) in [6, 6.07) is 15.2. The van der Waals surface area contributed by atoms with Crippen LogP contribution in [0, 0.1) is 0 Å². The zero-order valence-corrected chi connectivity index (χ0v) is 12.0. The van der Waals surface area contributed by atoms with Gasteiger partial charge in [0.25, 0.3) is 0 Å². The molecule has 1 aliphatic heterocycles. The normalized spacial score (nSPS) is 20.4. The van der Waals surface area contributed by atoms with Gasteiger partial charge in [-0.25, -0.2) is 0 Å². The van der Waals surface area contributed by atoms with Crippen molar-refractivity contribution >= 4 is 10.8 Å². The van der Waals surface area contributed by atoms with Crippen LogP contribution in [0.1, 0.15) is 5.56 Å². The van der Waals surface area contributed by atoms with Crippen LogP contribution in [0.2, 0.25) is 0 Å². The summed E-state index contributed by atoms with van der Waals surface area (Å²) in [7, 11) is 1.98. The van der Waals surface area contributed by atoms with Crippen molar-refractivity contribution in [2.75, 3.05) is 33.3 Å². The zero-order valence-electron chi connectivity index (χ0n) is 12.0. The fourth-order valence-electron chi connectivity index (χ4n) is 2.95. The van der Waals surface area contributed by atoms with Gasteiger partial charge < -0.3 is 10.1 Å². The highest BCUT2D eigenvalue weighted by Crippen LogP contribution is 2.20. The van der Waals surface area contributed by atoms with Crippen LogP contribution >= 0.6 is 0 Å². The molecule has 1 atom stereocenters. The van der Waals surface area contributed by atoms with Gasteiger partial charge in [-0.3, -0.25) is 4.90 Å². The molecule has 1 N–H and O–H groups in total. The van der Waals surface area contributed by atoms with Crippen LogP contribution in [0.15, 0.2) is 42.5 Å². The Kier molecular flexibility index (Phi) is 4.31. The number of nitrogens with zero attached hydrogens (tertiary/aromatic N) is 1. The molecule has 1 fully saturated rings. The fraction of sp³-hybridized carbons (Fsp3) is 0.412. The number of morpholine rings is 1. The Morgan fingerprint density at radius 3 is 2.95 bits per heavy atom. The topological polar surface area (TPSA) is 24.5 Å². The van der Waals surface area contributed by atoms with Gasteiger partial charge in [-0.1, -0.05) is 42.5 Å². The Balaban J connectivity index is 1.76.